The minimum Gasteiger partial charge on any atom is -0.464 e. The molecule has 1 aliphatic heterocycles. The molecular formula is C8H10N2O3. The molecule has 1 fully saturated rings. The number of hydrogen-bond acceptors (Lipinski definition) is 4. The van der Waals surface area contributed by atoms with Crippen molar-refractivity contribution in [2.24, 2.45) is 5.92 Å². The Bertz CT molecular complexity index is 269. The molecule has 13 heavy (non-hydrogen) atoms. The third-order valence-corrected chi connectivity index (χ3v) is 1.84. The molecule has 5 nitrogen and oxygen atoms in total. The average Bonchev–Trinajstić information content (AvgIpc) is 2.50. The van der Waals surface area contributed by atoms with Gasteiger partial charge in [-0.15, -0.1) is 0 Å². The third kappa shape index (κ3) is 2.18. The van der Waals surface area contributed by atoms with Crippen molar-refractivity contribution in [1.82, 2.24) is 5.32 Å². The van der Waals surface area contributed by atoms with Gasteiger partial charge in [0.05, 0.1) is 12.7 Å². The second-order valence-corrected chi connectivity index (χ2v) is 2.87. The summed E-state index contributed by atoms with van der Waals surface area (Å²) in [7, 11) is 0. The van der Waals surface area contributed by atoms with Gasteiger partial charge in [0.2, 0.25) is 5.91 Å². The molecule has 0 saturated carbocycles. The summed E-state index contributed by atoms with van der Waals surface area (Å²) in [5, 5.41) is 10.9. The Hall–Kier alpha value is -1.57. The summed E-state index contributed by atoms with van der Waals surface area (Å²) < 4.78 is 4.64. The Morgan fingerprint density at radius 3 is 3.00 bits per heavy atom. The lowest BCUT2D eigenvalue weighted by Crippen LogP contribution is -2.40. The number of nitriles is 1. The van der Waals surface area contributed by atoms with Gasteiger partial charge in [0.25, 0.3) is 0 Å². The Labute approximate surface area is 75.7 Å². The molecule has 0 radical (unpaired) electrons. The van der Waals surface area contributed by atoms with Crippen molar-refractivity contribution in [3.8, 4) is 6.07 Å². The molecule has 0 bridgehead atoms. The van der Waals surface area contributed by atoms with E-state index in [0.29, 0.717) is 13.0 Å². The normalized spacial score (nSPS) is 23.1. The fourth-order valence-corrected chi connectivity index (χ4v) is 0.982. The molecule has 2 unspecified atom stereocenters. The average molecular weight is 182 g/mol. The largest absolute Gasteiger partial charge is 0.464 e. The summed E-state index contributed by atoms with van der Waals surface area (Å²) in [6.07, 6.45) is 0.489. The van der Waals surface area contributed by atoms with E-state index in [1.165, 1.54) is 6.92 Å². The predicted octanol–water partition coefficient (Wildman–Crippen LogP) is -0.422. The molecule has 0 aromatic heterocycles. The first-order valence-electron chi connectivity index (χ1n) is 4.01. The Morgan fingerprint density at radius 1 is 1.85 bits per heavy atom. The quantitative estimate of drug-likeness (QED) is 0.588. The number of nitrogens with zero attached hydrogens (tertiary/aromatic N) is 1. The van der Waals surface area contributed by atoms with Gasteiger partial charge in [-0.05, 0) is 6.92 Å². The van der Waals surface area contributed by atoms with Crippen molar-refractivity contribution in [3.63, 3.8) is 0 Å². The van der Waals surface area contributed by atoms with Crippen LogP contribution in [0.4, 0.5) is 0 Å². The minimum absolute atomic E-state index is 0.338. The number of amides is 1. The Morgan fingerprint density at radius 2 is 2.54 bits per heavy atom. The van der Waals surface area contributed by atoms with E-state index in [1.807, 2.05) is 0 Å². The molecule has 1 N–H and O–H groups in total. The van der Waals surface area contributed by atoms with Crippen LogP contribution in [0.5, 0.6) is 0 Å². The summed E-state index contributed by atoms with van der Waals surface area (Å²) in [5.41, 5.74) is 0. The van der Waals surface area contributed by atoms with E-state index in [4.69, 9.17) is 5.26 Å². The van der Waals surface area contributed by atoms with E-state index in [1.54, 1.807) is 6.07 Å². The maximum absolute atomic E-state index is 11.1. The molecule has 0 spiro atoms. The lowest BCUT2D eigenvalue weighted by molar-refractivity contribution is -0.141. The first-order chi connectivity index (χ1) is 6.15. The smallest absolute Gasteiger partial charge is 0.328 e. The van der Waals surface area contributed by atoms with Gasteiger partial charge in [0.15, 0.2) is 0 Å². The number of nitrogens with one attached hydrogen (secondary N) is 1. The van der Waals surface area contributed by atoms with Crippen LogP contribution in [0, 0.1) is 17.2 Å². The van der Waals surface area contributed by atoms with Gasteiger partial charge in [-0.3, -0.25) is 4.79 Å². The van der Waals surface area contributed by atoms with Gasteiger partial charge < -0.3 is 10.1 Å². The molecule has 1 aliphatic rings. The predicted molar refractivity (Wildman–Crippen MR) is 42.3 cm³/mol. The molecule has 1 rings (SSSR count). The van der Waals surface area contributed by atoms with Gasteiger partial charge >= 0.3 is 5.97 Å². The Kier molecular flexibility index (Phi) is 2.85. The zero-order valence-electron chi connectivity index (χ0n) is 7.24. The van der Waals surface area contributed by atoms with Gasteiger partial charge in [-0.2, -0.15) is 5.26 Å². The zero-order valence-corrected chi connectivity index (χ0v) is 7.24. The van der Waals surface area contributed by atoms with Crippen molar-refractivity contribution >= 4 is 11.9 Å². The molecular weight excluding hydrogens is 172 g/mol. The monoisotopic (exact) mass is 182 g/mol. The van der Waals surface area contributed by atoms with Crippen molar-refractivity contribution in [2.75, 3.05) is 6.61 Å². The highest BCUT2D eigenvalue weighted by molar-refractivity contribution is 5.87. The van der Waals surface area contributed by atoms with Crippen LogP contribution in [0.3, 0.4) is 0 Å². The van der Waals surface area contributed by atoms with Crippen LogP contribution in [0.2, 0.25) is 0 Å². The second-order valence-electron chi connectivity index (χ2n) is 2.87. The first kappa shape index (κ1) is 9.52. The highest BCUT2D eigenvalue weighted by Gasteiger charge is 2.29. The maximum atomic E-state index is 11.1. The first-order valence-corrected chi connectivity index (χ1v) is 4.01. The molecule has 2 atom stereocenters. The molecule has 70 valence electrons. The second kappa shape index (κ2) is 3.90. The van der Waals surface area contributed by atoms with Gasteiger partial charge in [-0.1, -0.05) is 0 Å². The molecule has 5 heteroatoms. The van der Waals surface area contributed by atoms with Crippen molar-refractivity contribution in [3.05, 3.63) is 0 Å². The number of carbonyl (C=O) groups excluding carboxylic acids is 2. The number of rotatable bonds is 2. The number of cyclic esters (lactones) is 1. The van der Waals surface area contributed by atoms with Gasteiger partial charge in [0, 0.05) is 6.42 Å². The topological polar surface area (TPSA) is 79.2 Å². The van der Waals surface area contributed by atoms with Crippen LogP contribution in [-0.4, -0.2) is 24.5 Å². The summed E-state index contributed by atoms with van der Waals surface area (Å²) >= 11 is 0. The Balaban J connectivity index is 2.45. The van der Waals surface area contributed by atoms with Gasteiger partial charge in [0.1, 0.15) is 12.0 Å². The summed E-state index contributed by atoms with van der Waals surface area (Å²) in [5.74, 6) is -1.57. The van der Waals surface area contributed by atoms with Crippen LogP contribution in [0.1, 0.15) is 13.3 Å². The summed E-state index contributed by atoms with van der Waals surface area (Å²) in [6, 6.07) is 1.22. The van der Waals surface area contributed by atoms with Crippen molar-refractivity contribution in [1.29, 1.82) is 5.26 Å². The van der Waals surface area contributed by atoms with Crippen LogP contribution in [0.25, 0.3) is 0 Å². The van der Waals surface area contributed by atoms with Crippen LogP contribution >= 0.6 is 0 Å². The maximum Gasteiger partial charge on any atom is 0.328 e. The minimum atomic E-state index is -0.728. The molecule has 1 heterocycles. The van der Waals surface area contributed by atoms with Crippen LogP contribution in [-0.2, 0) is 14.3 Å². The molecule has 1 amide bonds. The number of hydrogen-bond donors (Lipinski definition) is 1. The SMILES string of the molecule is CC(C#N)C(=O)NC1CCOC1=O. The van der Waals surface area contributed by atoms with Crippen LogP contribution < -0.4 is 5.32 Å². The fourth-order valence-electron chi connectivity index (χ4n) is 0.982. The van der Waals surface area contributed by atoms with E-state index in [0.717, 1.165) is 0 Å². The van der Waals surface area contributed by atoms with Crippen molar-refractivity contribution < 1.29 is 14.3 Å². The van der Waals surface area contributed by atoms with Crippen LogP contribution in [0.15, 0.2) is 0 Å². The van der Waals surface area contributed by atoms with E-state index >= 15 is 0 Å². The standard InChI is InChI=1S/C8H10N2O3/c1-5(4-9)7(11)10-6-2-3-13-8(6)12/h5-6H,2-3H2,1H3,(H,10,11). The highest BCUT2D eigenvalue weighted by atomic mass is 16.5. The third-order valence-electron chi connectivity index (χ3n) is 1.84. The molecule has 0 aliphatic carbocycles. The summed E-state index contributed by atoms with van der Waals surface area (Å²) in [6.45, 7) is 1.82. The lowest BCUT2D eigenvalue weighted by atomic mass is 10.1. The number of ether oxygens (including phenoxy) is 1. The van der Waals surface area contributed by atoms with E-state index < -0.39 is 23.8 Å². The number of carbonyl (C=O) groups is 2. The van der Waals surface area contributed by atoms with E-state index in [9.17, 15) is 9.59 Å². The zero-order chi connectivity index (χ0) is 9.84. The number of esters is 1. The van der Waals surface area contributed by atoms with E-state index in [2.05, 4.69) is 10.1 Å². The van der Waals surface area contributed by atoms with E-state index in [-0.39, 0.29) is 0 Å². The molecule has 0 aromatic carbocycles. The molecule has 0 aromatic rings. The van der Waals surface area contributed by atoms with Crippen molar-refractivity contribution in [2.45, 2.75) is 19.4 Å². The molecule has 1 saturated heterocycles. The highest BCUT2D eigenvalue weighted by Crippen LogP contribution is 2.06. The fraction of sp³-hybridized carbons (Fsp3) is 0.625. The lowest BCUT2D eigenvalue weighted by Gasteiger charge is -2.08. The summed E-state index contributed by atoms with van der Waals surface area (Å²) in [4.78, 5) is 22.0. The van der Waals surface area contributed by atoms with Gasteiger partial charge in [-0.25, -0.2) is 4.79 Å².